The van der Waals surface area contributed by atoms with E-state index in [-0.39, 0.29) is 40.8 Å². The number of methoxy groups -OCH3 is 1. The first kappa shape index (κ1) is 32.4. The number of aliphatic hydroxyl groups is 1. The third-order valence-corrected chi connectivity index (χ3v) is 13.8. The second-order valence-corrected chi connectivity index (χ2v) is 20.8. The van der Waals surface area contributed by atoms with Crippen molar-refractivity contribution in [2.45, 2.75) is 76.9 Å². The van der Waals surface area contributed by atoms with Crippen LogP contribution in [-0.4, -0.2) is 40.8 Å². The third kappa shape index (κ3) is 4.60. The number of aliphatic hydroxyl groups excluding tert-OH is 1. The first-order valence-corrected chi connectivity index (χ1v) is 20.3. The number of ether oxygens (including phenoxy) is 2. The summed E-state index contributed by atoms with van der Waals surface area (Å²) in [4.78, 5) is 0. The zero-order valence-corrected chi connectivity index (χ0v) is 28.1. The Hall–Kier alpha value is -2.54. The number of hydrogen-bond acceptors (Lipinski definition) is 7. The van der Waals surface area contributed by atoms with Crippen molar-refractivity contribution in [3.05, 3.63) is 71.2 Å². The van der Waals surface area contributed by atoms with E-state index in [2.05, 4.69) is 6.58 Å². The minimum Gasteiger partial charge on any atom is -0.494 e. The van der Waals surface area contributed by atoms with E-state index in [1.54, 1.807) is 0 Å². The lowest BCUT2D eigenvalue weighted by Crippen LogP contribution is -2.64. The fourth-order valence-corrected chi connectivity index (χ4v) is 10.9. The van der Waals surface area contributed by atoms with Gasteiger partial charge in [0.15, 0.2) is 5.75 Å². The molecule has 2 aromatic rings. The summed E-state index contributed by atoms with van der Waals surface area (Å²) in [5.41, 5.74) is -5.91. The third-order valence-electron chi connectivity index (χ3n) is 11.1. The number of hydrogen-bond donors (Lipinski definition) is 1. The molecule has 5 aliphatic rings. The quantitative estimate of drug-likeness (QED) is 0.120. The highest BCUT2D eigenvalue weighted by Crippen LogP contribution is 2.90. The Balaban J connectivity index is 1.34. The van der Waals surface area contributed by atoms with Crippen LogP contribution in [-0.2, 0) is 25.6 Å². The molecular weight excluding hydrogens is 626 g/mol. The van der Waals surface area contributed by atoms with Gasteiger partial charge in [0.05, 0.1) is 25.7 Å². The number of allylic oxidation sites excluding steroid dienone is 1. The van der Waals surface area contributed by atoms with Crippen LogP contribution in [0.5, 0.6) is 5.75 Å². The standard InChI is InChI=1S/C33H41F3O7SSi/c1-20-31(24-16-22(24)19-41-18-21-10-8-7-9-11-21)14-15-32(20)28(43-44(38,39)33(34,35)36)23(12-13-30(31,32)2)27(37)25-17-26(40-3)29(42-25)45(4,5)6/h7-11,17,22,24,27,37H,1,12-16,18-19H2,2-6H3/t22-,24-,27+,30-,31+,32-/m0/s1. The van der Waals surface area contributed by atoms with Crippen LogP contribution in [0, 0.1) is 28.1 Å². The molecule has 45 heavy (non-hydrogen) atoms. The van der Waals surface area contributed by atoms with Gasteiger partial charge in [-0.05, 0) is 54.9 Å². The number of rotatable bonds is 11. The predicted octanol–water partition coefficient (Wildman–Crippen LogP) is 6.98. The zero-order chi connectivity index (χ0) is 32.8. The highest BCUT2D eigenvalue weighted by Gasteiger charge is 2.85. The summed E-state index contributed by atoms with van der Waals surface area (Å²) in [7, 11) is -6.63. The van der Waals surface area contributed by atoms with E-state index >= 15 is 0 Å². The second kappa shape index (κ2) is 10.5. The molecule has 0 saturated heterocycles. The fourth-order valence-electron chi connectivity index (χ4n) is 8.98. The molecule has 1 N–H and O–H groups in total. The second-order valence-electron chi connectivity index (χ2n) is 14.3. The Bertz CT molecular complexity index is 1640. The summed E-state index contributed by atoms with van der Waals surface area (Å²) in [5.74, 6) is 0.670. The van der Waals surface area contributed by atoms with Crippen molar-refractivity contribution >= 4 is 23.6 Å². The van der Waals surface area contributed by atoms with Gasteiger partial charge < -0.3 is 23.2 Å². The SMILES string of the molecule is C=C1[C@]23CC[C@@]1([C@H]1C[C@H]1COCc1ccccc1)[C@]2(C)CCC([C@@H](O)c1cc(OC)c([Si](C)(C)C)o1)=C3OS(=O)(=O)C(F)(F)F. The molecule has 1 aromatic carbocycles. The summed E-state index contributed by atoms with van der Waals surface area (Å²) in [5, 5.41) is 12.3. The highest BCUT2D eigenvalue weighted by atomic mass is 32.2. The van der Waals surface area contributed by atoms with Crippen LogP contribution in [0.1, 0.15) is 56.5 Å². The first-order chi connectivity index (χ1) is 20.9. The van der Waals surface area contributed by atoms with Gasteiger partial charge in [0.1, 0.15) is 31.1 Å². The molecule has 0 radical (unpaired) electrons. The molecule has 4 fully saturated rings. The molecular formula is C33H41F3O7SSi. The summed E-state index contributed by atoms with van der Waals surface area (Å²) < 4.78 is 89.3. The smallest absolute Gasteiger partial charge is 0.494 e. The molecule has 1 spiro atoms. The van der Waals surface area contributed by atoms with Crippen LogP contribution >= 0.6 is 0 Å². The van der Waals surface area contributed by atoms with Crippen molar-refractivity contribution < 1.29 is 44.8 Å². The molecule has 0 amide bonds. The average molecular weight is 667 g/mol. The Morgan fingerprint density at radius 3 is 2.44 bits per heavy atom. The van der Waals surface area contributed by atoms with Gasteiger partial charge in [-0.3, -0.25) is 0 Å². The summed E-state index contributed by atoms with van der Waals surface area (Å²) in [6.45, 7) is 13.6. The van der Waals surface area contributed by atoms with E-state index < -0.39 is 40.6 Å². The number of furan rings is 1. The zero-order valence-electron chi connectivity index (χ0n) is 26.3. The molecule has 12 heteroatoms. The minimum absolute atomic E-state index is 0.0778. The number of alkyl halides is 3. The van der Waals surface area contributed by atoms with Crippen molar-refractivity contribution in [1.82, 2.24) is 0 Å². The van der Waals surface area contributed by atoms with Crippen LogP contribution in [0.4, 0.5) is 13.2 Å². The van der Waals surface area contributed by atoms with Gasteiger partial charge in [-0.1, -0.05) is 69.0 Å². The van der Waals surface area contributed by atoms with Crippen LogP contribution in [0.2, 0.25) is 19.6 Å². The van der Waals surface area contributed by atoms with E-state index in [0.717, 1.165) is 12.0 Å². The molecule has 246 valence electrons. The van der Waals surface area contributed by atoms with Gasteiger partial charge in [0, 0.05) is 17.1 Å². The molecule has 1 aromatic heterocycles. The lowest BCUT2D eigenvalue weighted by atomic mass is 9.35. The van der Waals surface area contributed by atoms with Crippen molar-refractivity contribution in [2.75, 3.05) is 13.7 Å². The summed E-state index contributed by atoms with van der Waals surface area (Å²) >= 11 is 0. The maximum atomic E-state index is 13.8. The van der Waals surface area contributed by atoms with E-state index in [4.69, 9.17) is 18.1 Å². The van der Waals surface area contributed by atoms with Crippen molar-refractivity contribution in [3.8, 4) is 5.75 Å². The molecule has 7 nitrogen and oxygen atoms in total. The van der Waals surface area contributed by atoms with Crippen molar-refractivity contribution in [3.63, 3.8) is 0 Å². The maximum absolute atomic E-state index is 13.8. The maximum Gasteiger partial charge on any atom is 0.534 e. The molecule has 5 aliphatic carbocycles. The topological polar surface area (TPSA) is 95.2 Å². The molecule has 1 heterocycles. The Morgan fingerprint density at radius 2 is 1.84 bits per heavy atom. The predicted molar refractivity (Wildman–Crippen MR) is 165 cm³/mol. The van der Waals surface area contributed by atoms with E-state index in [0.29, 0.717) is 49.2 Å². The fraction of sp³-hybridized carbons (Fsp3) is 0.576. The van der Waals surface area contributed by atoms with Gasteiger partial charge in [-0.15, -0.1) is 0 Å². The Kier molecular flexibility index (Phi) is 7.55. The van der Waals surface area contributed by atoms with Crippen molar-refractivity contribution in [1.29, 1.82) is 0 Å². The van der Waals surface area contributed by atoms with Gasteiger partial charge in [-0.25, -0.2) is 0 Å². The van der Waals surface area contributed by atoms with Gasteiger partial charge in [0.2, 0.25) is 0 Å². The van der Waals surface area contributed by atoms with E-state index in [9.17, 15) is 26.7 Å². The molecule has 0 aliphatic heterocycles. The molecule has 6 atom stereocenters. The van der Waals surface area contributed by atoms with Crippen LogP contribution in [0.15, 0.2) is 64.3 Å². The first-order valence-electron chi connectivity index (χ1n) is 15.4. The molecule has 0 unspecified atom stereocenters. The van der Waals surface area contributed by atoms with Crippen molar-refractivity contribution in [2.24, 2.45) is 28.1 Å². The van der Waals surface area contributed by atoms with Crippen LogP contribution < -0.4 is 10.1 Å². The van der Waals surface area contributed by atoms with Gasteiger partial charge >= 0.3 is 15.6 Å². The normalized spacial score (nSPS) is 31.8. The summed E-state index contributed by atoms with van der Waals surface area (Å²) in [6.07, 6.45) is 1.09. The van der Waals surface area contributed by atoms with Crippen LogP contribution in [0.3, 0.4) is 0 Å². The largest absolute Gasteiger partial charge is 0.534 e. The van der Waals surface area contributed by atoms with E-state index in [1.165, 1.54) is 13.2 Å². The summed E-state index contributed by atoms with van der Waals surface area (Å²) in [6, 6.07) is 11.4. The molecule has 7 rings (SSSR count). The lowest BCUT2D eigenvalue weighted by molar-refractivity contribution is -0.105. The van der Waals surface area contributed by atoms with Gasteiger partial charge in [-0.2, -0.15) is 21.6 Å². The Morgan fingerprint density at radius 1 is 1.16 bits per heavy atom. The lowest BCUT2D eigenvalue weighted by Gasteiger charge is -2.68. The van der Waals surface area contributed by atoms with E-state index in [1.807, 2.05) is 56.9 Å². The number of fused-ring (bicyclic) bond motifs is 1. The highest BCUT2D eigenvalue weighted by molar-refractivity contribution is 7.87. The Labute approximate surface area is 263 Å². The van der Waals surface area contributed by atoms with Crippen LogP contribution in [0.25, 0.3) is 0 Å². The molecule has 4 saturated carbocycles. The minimum atomic E-state index is -6.03. The average Bonchev–Trinajstić information content (AvgIpc) is 3.33. The number of halogens is 3. The monoisotopic (exact) mass is 666 g/mol. The molecule has 2 bridgehead atoms. The van der Waals surface area contributed by atoms with Gasteiger partial charge in [0.25, 0.3) is 0 Å². The number of benzene rings is 1.